The summed E-state index contributed by atoms with van der Waals surface area (Å²) in [7, 11) is 0. The van der Waals surface area contributed by atoms with Crippen LogP contribution in [0.2, 0.25) is 0 Å². The molecule has 4 atom stereocenters. The van der Waals surface area contributed by atoms with Crippen LogP contribution in [0.15, 0.2) is 6.20 Å². The molecule has 0 amide bonds. The van der Waals surface area contributed by atoms with Gasteiger partial charge in [0.1, 0.15) is 24.5 Å². The van der Waals surface area contributed by atoms with E-state index in [0.29, 0.717) is 12.5 Å². The van der Waals surface area contributed by atoms with Crippen LogP contribution < -0.4 is 4.74 Å². The monoisotopic (exact) mass is 245 g/mol. The lowest BCUT2D eigenvalue weighted by molar-refractivity contribution is -0.0626. The summed E-state index contributed by atoms with van der Waals surface area (Å²) in [6.45, 7) is 1.84. The zero-order chi connectivity index (χ0) is 12.4. The molecule has 0 saturated carbocycles. The average Bonchev–Trinajstić information content (AvgIpc) is 2.87. The third-order valence-electron chi connectivity index (χ3n) is 2.59. The van der Waals surface area contributed by atoms with Gasteiger partial charge in [0.2, 0.25) is 5.88 Å². The first-order chi connectivity index (χ1) is 8.19. The molecule has 1 aliphatic heterocycles. The van der Waals surface area contributed by atoms with E-state index in [-0.39, 0.29) is 6.61 Å². The van der Waals surface area contributed by atoms with Crippen molar-refractivity contribution in [2.45, 2.75) is 31.5 Å². The predicted octanol–water partition coefficient (Wildman–Crippen LogP) is -1.71. The minimum atomic E-state index is -1.19. The number of aliphatic hydroxyl groups excluding tert-OH is 3. The number of hydrogen-bond donors (Lipinski definition) is 3. The number of aliphatic hydroxyl groups is 3. The Kier molecular flexibility index (Phi) is 3.57. The molecule has 1 aliphatic rings. The van der Waals surface area contributed by atoms with Crippen LogP contribution in [0.3, 0.4) is 0 Å². The van der Waals surface area contributed by atoms with Crippen molar-refractivity contribution in [1.82, 2.24) is 15.0 Å². The van der Waals surface area contributed by atoms with E-state index in [1.165, 1.54) is 10.9 Å². The van der Waals surface area contributed by atoms with Crippen LogP contribution in [-0.2, 0) is 4.74 Å². The van der Waals surface area contributed by atoms with E-state index in [9.17, 15) is 10.2 Å². The molecule has 3 N–H and O–H groups in total. The SMILES string of the molecule is CCOc1cnnn1[C@@H]1O[C@H](CO)[C@@H](O)[C@H]1O. The summed E-state index contributed by atoms with van der Waals surface area (Å²) >= 11 is 0. The fraction of sp³-hybridized carbons (Fsp3) is 0.778. The van der Waals surface area contributed by atoms with Gasteiger partial charge in [0.15, 0.2) is 6.23 Å². The van der Waals surface area contributed by atoms with Gasteiger partial charge in [-0.1, -0.05) is 5.21 Å². The van der Waals surface area contributed by atoms with E-state index in [2.05, 4.69) is 10.3 Å². The number of aromatic nitrogens is 3. The van der Waals surface area contributed by atoms with Crippen LogP contribution in [0.25, 0.3) is 0 Å². The van der Waals surface area contributed by atoms with Crippen molar-refractivity contribution < 1.29 is 24.8 Å². The van der Waals surface area contributed by atoms with Crippen LogP contribution >= 0.6 is 0 Å². The standard InChI is InChI=1S/C9H15N3O5/c1-2-16-6-3-10-11-12(6)9-8(15)7(14)5(4-13)17-9/h3,5,7-9,13-15H,2,4H2,1H3/t5-,7-,8-,9-/m1/s1. The van der Waals surface area contributed by atoms with E-state index >= 15 is 0 Å². The number of ether oxygens (including phenoxy) is 2. The molecule has 1 saturated heterocycles. The second kappa shape index (κ2) is 4.96. The first-order valence-electron chi connectivity index (χ1n) is 5.34. The smallest absolute Gasteiger partial charge is 0.235 e. The quantitative estimate of drug-likeness (QED) is 0.579. The third-order valence-corrected chi connectivity index (χ3v) is 2.59. The summed E-state index contributed by atoms with van der Waals surface area (Å²) in [5.74, 6) is 0.335. The van der Waals surface area contributed by atoms with Crippen molar-refractivity contribution in [3.05, 3.63) is 6.20 Å². The summed E-state index contributed by atoms with van der Waals surface area (Å²) in [5.41, 5.74) is 0. The third kappa shape index (κ3) is 2.12. The van der Waals surface area contributed by atoms with Crippen molar-refractivity contribution in [3.8, 4) is 5.88 Å². The molecule has 0 aromatic carbocycles. The van der Waals surface area contributed by atoms with Crippen LogP contribution in [-0.4, -0.2) is 61.8 Å². The van der Waals surface area contributed by atoms with Crippen molar-refractivity contribution >= 4 is 0 Å². The summed E-state index contributed by atoms with van der Waals surface area (Å²) in [4.78, 5) is 0. The van der Waals surface area contributed by atoms with E-state index in [4.69, 9.17) is 14.6 Å². The Bertz CT molecular complexity index is 371. The highest BCUT2D eigenvalue weighted by Gasteiger charge is 2.44. The zero-order valence-corrected chi connectivity index (χ0v) is 9.30. The maximum Gasteiger partial charge on any atom is 0.235 e. The predicted molar refractivity (Wildman–Crippen MR) is 54.2 cm³/mol. The normalized spacial score (nSPS) is 32.9. The Morgan fingerprint density at radius 2 is 2.24 bits per heavy atom. The fourth-order valence-corrected chi connectivity index (χ4v) is 1.74. The van der Waals surface area contributed by atoms with E-state index < -0.39 is 24.5 Å². The molecule has 0 bridgehead atoms. The van der Waals surface area contributed by atoms with E-state index in [1.54, 1.807) is 6.92 Å². The first kappa shape index (κ1) is 12.2. The molecule has 2 rings (SSSR count). The highest BCUT2D eigenvalue weighted by molar-refractivity contribution is 5.04. The van der Waals surface area contributed by atoms with Crippen LogP contribution in [0.4, 0.5) is 0 Å². The molecule has 0 aliphatic carbocycles. The Morgan fingerprint density at radius 1 is 1.47 bits per heavy atom. The lowest BCUT2D eigenvalue weighted by Gasteiger charge is -2.16. The van der Waals surface area contributed by atoms with Gasteiger partial charge in [-0.15, -0.1) is 5.10 Å². The second-order valence-electron chi connectivity index (χ2n) is 3.68. The van der Waals surface area contributed by atoms with Crippen molar-refractivity contribution in [1.29, 1.82) is 0 Å². The second-order valence-corrected chi connectivity index (χ2v) is 3.68. The van der Waals surface area contributed by atoms with E-state index in [1.807, 2.05) is 0 Å². The lowest BCUT2D eigenvalue weighted by atomic mass is 10.1. The van der Waals surface area contributed by atoms with Gasteiger partial charge < -0.3 is 24.8 Å². The Balaban J connectivity index is 2.19. The van der Waals surface area contributed by atoms with Crippen LogP contribution in [0.5, 0.6) is 5.88 Å². The Morgan fingerprint density at radius 3 is 2.82 bits per heavy atom. The summed E-state index contributed by atoms with van der Waals surface area (Å²) in [6, 6.07) is 0. The maximum atomic E-state index is 9.79. The van der Waals surface area contributed by atoms with Crippen molar-refractivity contribution in [2.24, 2.45) is 0 Å². The number of rotatable bonds is 4. The molecule has 8 nitrogen and oxygen atoms in total. The Hall–Kier alpha value is -1.22. The van der Waals surface area contributed by atoms with Gasteiger partial charge in [-0.25, -0.2) is 0 Å². The molecular formula is C9H15N3O5. The van der Waals surface area contributed by atoms with Gasteiger partial charge in [0.05, 0.1) is 13.2 Å². The molecule has 0 radical (unpaired) electrons. The highest BCUT2D eigenvalue weighted by Crippen LogP contribution is 2.31. The largest absolute Gasteiger partial charge is 0.477 e. The van der Waals surface area contributed by atoms with Crippen molar-refractivity contribution in [3.63, 3.8) is 0 Å². The highest BCUT2D eigenvalue weighted by atomic mass is 16.6. The Labute approximate surface area is 97.4 Å². The van der Waals surface area contributed by atoms with Crippen LogP contribution in [0.1, 0.15) is 13.2 Å². The summed E-state index contributed by atoms with van der Waals surface area (Å²) < 4.78 is 11.8. The van der Waals surface area contributed by atoms with Gasteiger partial charge in [0, 0.05) is 0 Å². The molecule has 0 unspecified atom stereocenters. The van der Waals surface area contributed by atoms with Gasteiger partial charge >= 0.3 is 0 Å². The number of hydrogen-bond acceptors (Lipinski definition) is 7. The molecule has 1 aromatic heterocycles. The fourth-order valence-electron chi connectivity index (χ4n) is 1.74. The summed E-state index contributed by atoms with van der Waals surface area (Å²) in [6.07, 6.45) is -2.71. The lowest BCUT2D eigenvalue weighted by Crippen LogP contribution is -2.33. The molecule has 8 heteroatoms. The molecular weight excluding hydrogens is 230 g/mol. The van der Waals surface area contributed by atoms with Gasteiger partial charge in [-0.2, -0.15) is 4.68 Å². The molecule has 96 valence electrons. The number of nitrogens with zero attached hydrogens (tertiary/aromatic N) is 3. The first-order valence-corrected chi connectivity index (χ1v) is 5.34. The molecule has 1 fully saturated rings. The maximum absolute atomic E-state index is 9.79. The van der Waals surface area contributed by atoms with Gasteiger partial charge in [0.25, 0.3) is 0 Å². The minimum absolute atomic E-state index is 0.335. The molecule has 17 heavy (non-hydrogen) atoms. The van der Waals surface area contributed by atoms with Crippen molar-refractivity contribution in [2.75, 3.05) is 13.2 Å². The van der Waals surface area contributed by atoms with E-state index in [0.717, 1.165) is 0 Å². The average molecular weight is 245 g/mol. The minimum Gasteiger partial charge on any atom is -0.477 e. The van der Waals surface area contributed by atoms with Gasteiger partial charge in [-0.05, 0) is 6.92 Å². The molecule has 2 heterocycles. The molecule has 1 aromatic rings. The topological polar surface area (TPSA) is 110 Å². The zero-order valence-electron chi connectivity index (χ0n) is 9.30. The molecule has 0 spiro atoms. The summed E-state index contributed by atoms with van der Waals surface area (Å²) in [5, 5.41) is 35.8. The van der Waals surface area contributed by atoms with Gasteiger partial charge in [-0.3, -0.25) is 0 Å². The van der Waals surface area contributed by atoms with Crippen LogP contribution in [0, 0.1) is 0 Å².